The predicted octanol–water partition coefficient (Wildman–Crippen LogP) is -1.37. The van der Waals surface area contributed by atoms with E-state index in [1.165, 1.54) is 6.92 Å². The maximum absolute atomic E-state index is 11.1. The van der Waals surface area contributed by atoms with Crippen molar-refractivity contribution in [1.29, 1.82) is 0 Å². The number of hydrogen-bond donors (Lipinski definition) is 4. The highest BCUT2D eigenvalue weighted by Crippen LogP contribution is 2.25. The fourth-order valence-electron chi connectivity index (χ4n) is 2.12. The molecule has 1 aliphatic heterocycles. The van der Waals surface area contributed by atoms with E-state index in [0.717, 1.165) is 0 Å². The summed E-state index contributed by atoms with van der Waals surface area (Å²) in [5.74, 6) is -0.249. The van der Waals surface area contributed by atoms with Crippen LogP contribution < -0.4 is 5.32 Å². The van der Waals surface area contributed by atoms with E-state index in [9.17, 15) is 15.0 Å². The quantitative estimate of drug-likeness (QED) is 0.493. The van der Waals surface area contributed by atoms with Crippen molar-refractivity contribution >= 4 is 5.91 Å². The Morgan fingerprint density at radius 3 is 2.35 bits per heavy atom. The molecule has 4 unspecified atom stereocenters. The van der Waals surface area contributed by atoms with Gasteiger partial charge < -0.3 is 25.4 Å². The third-order valence-corrected chi connectivity index (χ3v) is 2.99. The van der Waals surface area contributed by atoms with Gasteiger partial charge in [0.15, 0.2) is 0 Å². The highest BCUT2D eigenvalue weighted by atomic mass is 16.5. The van der Waals surface area contributed by atoms with Crippen LogP contribution in [-0.2, 0) is 9.53 Å². The molecule has 17 heavy (non-hydrogen) atoms. The summed E-state index contributed by atoms with van der Waals surface area (Å²) in [5, 5.41) is 31.3. The second-order valence-electron chi connectivity index (χ2n) is 4.77. The predicted molar refractivity (Wildman–Crippen MR) is 60.2 cm³/mol. The van der Waals surface area contributed by atoms with Gasteiger partial charge in [-0.25, -0.2) is 0 Å². The smallest absolute Gasteiger partial charge is 0.217 e. The molecule has 0 aliphatic carbocycles. The number of nitrogens with one attached hydrogen (secondary N) is 1. The Hall–Kier alpha value is -0.690. The second-order valence-corrected chi connectivity index (χ2v) is 4.77. The molecule has 0 bridgehead atoms. The molecule has 5 atom stereocenters. The lowest BCUT2D eigenvalue weighted by Gasteiger charge is -2.44. The maximum Gasteiger partial charge on any atom is 0.217 e. The molecule has 1 heterocycles. The number of ether oxygens (including phenoxy) is 1. The summed E-state index contributed by atoms with van der Waals surface area (Å²) in [6.45, 7) is 4.75. The first-order chi connectivity index (χ1) is 7.88. The molecule has 1 aliphatic rings. The molecule has 1 rings (SSSR count). The Kier molecular flexibility index (Phi) is 4.88. The molecule has 0 spiro atoms. The van der Waals surface area contributed by atoms with Crippen molar-refractivity contribution in [2.24, 2.45) is 5.92 Å². The number of amides is 1. The van der Waals surface area contributed by atoms with Crippen LogP contribution in [0.25, 0.3) is 0 Å². The van der Waals surface area contributed by atoms with Gasteiger partial charge in [0, 0.05) is 6.92 Å². The largest absolute Gasteiger partial charge is 0.394 e. The zero-order valence-electron chi connectivity index (χ0n) is 10.3. The zero-order chi connectivity index (χ0) is 13.2. The number of hydrogen-bond acceptors (Lipinski definition) is 5. The summed E-state index contributed by atoms with van der Waals surface area (Å²) in [6, 6.07) is -0.662. The van der Waals surface area contributed by atoms with Gasteiger partial charge in [0.05, 0.1) is 18.8 Å². The Bertz CT molecular complexity index is 271. The third kappa shape index (κ3) is 3.16. The Labute approximate surface area is 101 Å². The van der Waals surface area contributed by atoms with Crippen LogP contribution in [0, 0.1) is 5.92 Å². The fraction of sp³-hybridized carbons (Fsp3) is 0.909. The van der Waals surface area contributed by atoms with E-state index in [0.29, 0.717) is 0 Å². The van der Waals surface area contributed by atoms with E-state index in [-0.39, 0.29) is 18.4 Å². The lowest BCUT2D eigenvalue weighted by Crippen LogP contribution is -2.65. The average molecular weight is 247 g/mol. The first-order valence-electron chi connectivity index (χ1n) is 5.78. The van der Waals surface area contributed by atoms with E-state index >= 15 is 0 Å². The normalized spacial score (nSPS) is 38.2. The molecular weight excluding hydrogens is 226 g/mol. The van der Waals surface area contributed by atoms with Crippen LogP contribution >= 0.6 is 0 Å². The SMILES string of the molecule is CC(=O)NC1C(C(C)C)OC(CO)[C@H](O)C1O. The lowest BCUT2D eigenvalue weighted by atomic mass is 9.87. The van der Waals surface area contributed by atoms with Crippen LogP contribution in [0.4, 0.5) is 0 Å². The standard InChI is InChI=1S/C11H21NO5/c1-5(2)11-8(12-6(3)14)10(16)9(15)7(4-13)17-11/h5,7-11,13,15-16H,4H2,1-3H3,(H,12,14)/t7?,8?,9-,10?,11?/m0/s1. The molecular formula is C11H21NO5. The minimum absolute atomic E-state index is 0.0445. The number of carbonyl (C=O) groups excluding carboxylic acids is 1. The minimum atomic E-state index is -1.20. The fourth-order valence-corrected chi connectivity index (χ4v) is 2.12. The molecule has 0 aromatic rings. The summed E-state index contributed by atoms with van der Waals surface area (Å²) >= 11 is 0. The Balaban J connectivity index is 2.86. The van der Waals surface area contributed by atoms with Crippen molar-refractivity contribution in [2.45, 2.75) is 51.2 Å². The summed E-state index contributed by atoms with van der Waals surface area (Å²) in [7, 11) is 0. The molecule has 1 saturated heterocycles. The molecule has 0 saturated carbocycles. The van der Waals surface area contributed by atoms with E-state index < -0.39 is 30.5 Å². The van der Waals surface area contributed by atoms with Gasteiger partial charge in [-0.05, 0) is 5.92 Å². The number of aliphatic hydroxyl groups is 3. The van der Waals surface area contributed by atoms with Gasteiger partial charge in [-0.3, -0.25) is 4.79 Å². The van der Waals surface area contributed by atoms with Crippen molar-refractivity contribution in [3.8, 4) is 0 Å². The van der Waals surface area contributed by atoms with Gasteiger partial charge in [0.25, 0.3) is 0 Å². The summed E-state index contributed by atoms with van der Waals surface area (Å²) in [6.07, 6.45) is -3.60. The van der Waals surface area contributed by atoms with Crippen molar-refractivity contribution in [2.75, 3.05) is 6.61 Å². The van der Waals surface area contributed by atoms with Crippen molar-refractivity contribution in [3.63, 3.8) is 0 Å². The lowest BCUT2D eigenvalue weighted by molar-refractivity contribution is -0.204. The number of aliphatic hydroxyl groups excluding tert-OH is 3. The van der Waals surface area contributed by atoms with Crippen LogP contribution in [0.1, 0.15) is 20.8 Å². The summed E-state index contributed by atoms with van der Waals surface area (Å²) in [5.41, 5.74) is 0. The molecule has 1 amide bonds. The first kappa shape index (κ1) is 14.4. The van der Waals surface area contributed by atoms with Crippen LogP contribution in [0.5, 0.6) is 0 Å². The van der Waals surface area contributed by atoms with Gasteiger partial charge in [0.1, 0.15) is 18.3 Å². The van der Waals surface area contributed by atoms with Crippen LogP contribution in [0.15, 0.2) is 0 Å². The first-order valence-corrected chi connectivity index (χ1v) is 5.78. The molecule has 6 nitrogen and oxygen atoms in total. The highest BCUT2D eigenvalue weighted by molar-refractivity contribution is 5.73. The molecule has 4 N–H and O–H groups in total. The molecule has 100 valence electrons. The van der Waals surface area contributed by atoms with E-state index in [1.807, 2.05) is 13.8 Å². The van der Waals surface area contributed by atoms with Crippen molar-refractivity contribution in [3.05, 3.63) is 0 Å². The van der Waals surface area contributed by atoms with E-state index in [2.05, 4.69) is 5.32 Å². The maximum atomic E-state index is 11.1. The van der Waals surface area contributed by atoms with Gasteiger partial charge in [-0.15, -0.1) is 0 Å². The molecule has 6 heteroatoms. The monoisotopic (exact) mass is 247 g/mol. The Morgan fingerprint density at radius 1 is 1.35 bits per heavy atom. The minimum Gasteiger partial charge on any atom is -0.394 e. The van der Waals surface area contributed by atoms with E-state index in [1.54, 1.807) is 0 Å². The van der Waals surface area contributed by atoms with Crippen molar-refractivity contribution in [1.82, 2.24) is 5.32 Å². The zero-order valence-corrected chi connectivity index (χ0v) is 10.3. The summed E-state index contributed by atoms with van der Waals surface area (Å²) < 4.78 is 5.52. The van der Waals surface area contributed by atoms with Crippen LogP contribution in [0.2, 0.25) is 0 Å². The highest BCUT2D eigenvalue weighted by Gasteiger charge is 2.45. The van der Waals surface area contributed by atoms with Gasteiger partial charge >= 0.3 is 0 Å². The van der Waals surface area contributed by atoms with Gasteiger partial charge in [-0.2, -0.15) is 0 Å². The Morgan fingerprint density at radius 2 is 1.94 bits per heavy atom. The third-order valence-electron chi connectivity index (χ3n) is 2.99. The van der Waals surface area contributed by atoms with Crippen molar-refractivity contribution < 1.29 is 24.9 Å². The number of carbonyl (C=O) groups is 1. The molecule has 0 radical (unpaired) electrons. The average Bonchev–Trinajstić information content (AvgIpc) is 2.24. The molecule has 0 aromatic heterocycles. The topological polar surface area (TPSA) is 99.0 Å². The van der Waals surface area contributed by atoms with Gasteiger partial charge in [0.2, 0.25) is 5.91 Å². The van der Waals surface area contributed by atoms with Gasteiger partial charge in [-0.1, -0.05) is 13.8 Å². The molecule has 1 fully saturated rings. The number of rotatable bonds is 3. The molecule has 0 aromatic carbocycles. The summed E-state index contributed by atoms with van der Waals surface area (Å²) in [4.78, 5) is 11.1. The van der Waals surface area contributed by atoms with Crippen LogP contribution in [-0.4, -0.2) is 58.3 Å². The van der Waals surface area contributed by atoms with Crippen LogP contribution in [0.3, 0.4) is 0 Å². The second kappa shape index (κ2) is 5.77. The van der Waals surface area contributed by atoms with E-state index in [4.69, 9.17) is 9.84 Å².